The van der Waals surface area contributed by atoms with Gasteiger partial charge in [-0.1, -0.05) is 34.6 Å². The molecule has 36 heavy (non-hydrogen) atoms. The first-order valence-electron chi connectivity index (χ1n) is 12.8. The number of hydrogen-bond donors (Lipinski definition) is 4. The minimum Gasteiger partial charge on any atom is -0.358 e. The molecule has 0 aromatic carbocycles. The summed E-state index contributed by atoms with van der Waals surface area (Å²) in [6, 6.07) is 0.0514. The summed E-state index contributed by atoms with van der Waals surface area (Å²) in [7, 11) is 0. The van der Waals surface area contributed by atoms with Gasteiger partial charge in [0.05, 0.1) is 6.07 Å². The summed E-state index contributed by atoms with van der Waals surface area (Å²) in [5.41, 5.74) is -0.783. The number of hydrogen-bond acceptors (Lipinski definition) is 5. The number of nitrogens with one attached hydrogen (secondary N) is 4. The molecule has 1 aliphatic carbocycles. The van der Waals surface area contributed by atoms with Crippen LogP contribution in [0.15, 0.2) is 0 Å². The molecule has 10 heteroatoms. The van der Waals surface area contributed by atoms with Gasteiger partial charge in [0.15, 0.2) is 5.11 Å². The first-order chi connectivity index (χ1) is 16.5. The molecule has 1 saturated carbocycles. The Hall–Kier alpha value is -2.41. The predicted octanol–water partition coefficient (Wildman–Crippen LogP) is 1.68. The minimum atomic E-state index is -0.788. The van der Waals surface area contributed by atoms with E-state index >= 15 is 0 Å². The van der Waals surface area contributed by atoms with E-state index in [2.05, 4.69) is 41.2 Å². The summed E-state index contributed by atoms with van der Waals surface area (Å²) in [6.45, 7) is 17.2. The SMILES string of the molecule is CC(C)(C)NC(=S)N[C@H](C(=O)N1C[C@H]2[C@@H]([C@H]1C(=O)N[C@H](C#N)C[C@@H]1CCNC1=O)C2(C)C)C(C)(C)C. The fourth-order valence-corrected chi connectivity index (χ4v) is 6.11. The van der Waals surface area contributed by atoms with E-state index in [0.717, 1.165) is 0 Å². The van der Waals surface area contributed by atoms with E-state index in [4.69, 9.17) is 12.2 Å². The van der Waals surface area contributed by atoms with Crippen LogP contribution in [0, 0.1) is 39.9 Å². The summed E-state index contributed by atoms with van der Waals surface area (Å²) >= 11 is 5.50. The number of carbonyl (C=O) groups is 3. The molecule has 2 saturated heterocycles. The van der Waals surface area contributed by atoms with Crippen LogP contribution in [0.5, 0.6) is 0 Å². The van der Waals surface area contributed by atoms with Crippen LogP contribution in [0.25, 0.3) is 0 Å². The summed E-state index contributed by atoms with van der Waals surface area (Å²) in [6.07, 6.45) is 0.922. The molecule has 3 fully saturated rings. The Bertz CT molecular complexity index is 960. The Kier molecular flexibility index (Phi) is 7.67. The zero-order valence-electron chi connectivity index (χ0n) is 22.8. The normalized spacial score (nSPS) is 28.3. The fraction of sp³-hybridized carbons (Fsp3) is 0.808. The molecule has 3 rings (SSSR count). The van der Waals surface area contributed by atoms with Crippen molar-refractivity contribution < 1.29 is 14.4 Å². The van der Waals surface area contributed by atoms with E-state index in [1.165, 1.54) is 0 Å². The number of fused-ring (bicyclic) bond motifs is 1. The maximum atomic E-state index is 13.9. The molecule has 0 bridgehead atoms. The third-order valence-electron chi connectivity index (χ3n) is 7.79. The van der Waals surface area contributed by atoms with Gasteiger partial charge in [-0.15, -0.1) is 0 Å². The number of likely N-dealkylation sites (tertiary alicyclic amines) is 1. The van der Waals surface area contributed by atoms with Crippen LogP contribution in [0.2, 0.25) is 0 Å². The zero-order valence-corrected chi connectivity index (χ0v) is 23.6. The molecule has 0 spiro atoms. The number of rotatable bonds is 6. The molecule has 2 aliphatic heterocycles. The van der Waals surface area contributed by atoms with Crippen molar-refractivity contribution in [3.05, 3.63) is 0 Å². The standard InChI is InChI=1S/C26H42N6O3S/c1-24(2,3)19(30-23(36)31-25(4,5)6)22(35)32-13-16-17(26(16,7)8)18(32)21(34)29-15(12-27)11-14-9-10-28-20(14)33/h14-19H,9-11,13H2,1-8H3,(H,28,33)(H,29,34)(H2,30,31,36)/t14-,15-,16-,17-,18-,19+/m0/s1. The van der Waals surface area contributed by atoms with Crippen LogP contribution >= 0.6 is 12.2 Å². The molecule has 3 aliphatic rings. The third kappa shape index (κ3) is 5.93. The third-order valence-corrected chi connectivity index (χ3v) is 8.01. The number of carbonyl (C=O) groups excluding carboxylic acids is 3. The van der Waals surface area contributed by atoms with Gasteiger partial charge in [0.25, 0.3) is 0 Å². The van der Waals surface area contributed by atoms with E-state index in [1.54, 1.807) is 4.90 Å². The van der Waals surface area contributed by atoms with Crippen molar-refractivity contribution in [2.45, 2.75) is 91.9 Å². The second-order valence-corrected chi connectivity index (χ2v) is 13.6. The van der Waals surface area contributed by atoms with Gasteiger partial charge in [-0.25, -0.2) is 0 Å². The van der Waals surface area contributed by atoms with Crippen LogP contribution in [0.1, 0.15) is 68.2 Å². The minimum absolute atomic E-state index is 0.0239. The molecule has 4 N–H and O–H groups in total. The number of amides is 3. The maximum absolute atomic E-state index is 13.9. The highest BCUT2D eigenvalue weighted by molar-refractivity contribution is 7.80. The van der Waals surface area contributed by atoms with Crippen LogP contribution < -0.4 is 21.3 Å². The van der Waals surface area contributed by atoms with Crippen LogP contribution in [-0.4, -0.2) is 64.5 Å². The predicted molar refractivity (Wildman–Crippen MR) is 141 cm³/mol. The molecule has 0 unspecified atom stereocenters. The lowest BCUT2D eigenvalue weighted by Gasteiger charge is -2.39. The Labute approximate surface area is 220 Å². The van der Waals surface area contributed by atoms with Gasteiger partial charge < -0.3 is 26.2 Å². The van der Waals surface area contributed by atoms with E-state index in [0.29, 0.717) is 24.6 Å². The fourth-order valence-electron chi connectivity index (χ4n) is 5.69. The van der Waals surface area contributed by atoms with Gasteiger partial charge in [0, 0.05) is 24.5 Å². The van der Waals surface area contributed by atoms with Crippen molar-refractivity contribution in [1.29, 1.82) is 5.26 Å². The average Bonchev–Trinajstić information content (AvgIpc) is 3.08. The molecule has 0 aromatic heterocycles. The average molecular weight is 519 g/mol. The zero-order chi connectivity index (χ0) is 27.2. The highest BCUT2D eigenvalue weighted by atomic mass is 32.1. The van der Waals surface area contributed by atoms with Crippen LogP contribution in [0.3, 0.4) is 0 Å². The van der Waals surface area contributed by atoms with Gasteiger partial charge in [0.1, 0.15) is 18.1 Å². The molecular weight excluding hydrogens is 476 g/mol. The summed E-state index contributed by atoms with van der Waals surface area (Å²) in [5.74, 6) is -0.618. The number of thiocarbonyl (C=S) groups is 1. The Morgan fingerprint density at radius 3 is 2.36 bits per heavy atom. The lowest BCUT2D eigenvalue weighted by atomic mass is 9.85. The first-order valence-corrected chi connectivity index (χ1v) is 13.2. The summed E-state index contributed by atoms with van der Waals surface area (Å²) < 4.78 is 0. The first kappa shape index (κ1) is 28.2. The van der Waals surface area contributed by atoms with Crippen LogP contribution in [-0.2, 0) is 14.4 Å². The van der Waals surface area contributed by atoms with Crippen molar-refractivity contribution in [3.63, 3.8) is 0 Å². The number of piperidine rings is 1. The molecule has 200 valence electrons. The van der Waals surface area contributed by atoms with Crippen molar-refractivity contribution in [2.24, 2.45) is 28.6 Å². The largest absolute Gasteiger partial charge is 0.358 e. The maximum Gasteiger partial charge on any atom is 0.246 e. The topological polar surface area (TPSA) is 126 Å². The van der Waals surface area contributed by atoms with Crippen molar-refractivity contribution in [1.82, 2.24) is 26.2 Å². The lowest BCUT2D eigenvalue weighted by Crippen LogP contribution is -2.61. The highest BCUT2D eigenvalue weighted by Crippen LogP contribution is 2.65. The van der Waals surface area contributed by atoms with E-state index in [9.17, 15) is 19.6 Å². The summed E-state index contributed by atoms with van der Waals surface area (Å²) in [4.78, 5) is 41.2. The molecule has 2 heterocycles. The van der Waals surface area contributed by atoms with Gasteiger partial charge in [-0.3, -0.25) is 14.4 Å². The second-order valence-electron chi connectivity index (χ2n) is 13.2. The number of nitriles is 1. The van der Waals surface area contributed by atoms with Gasteiger partial charge >= 0.3 is 0 Å². The Morgan fingerprint density at radius 2 is 1.86 bits per heavy atom. The quantitative estimate of drug-likeness (QED) is 0.394. The lowest BCUT2D eigenvalue weighted by molar-refractivity contribution is -0.143. The van der Waals surface area contributed by atoms with E-state index in [-0.39, 0.29) is 52.8 Å². The van der Waals surface area contributed by atoms with E-state index < -0.39 is 23.5 Å². The molecule has 6 atom stereocenters. The highest BCUT2D eigenvalue weighted by Gasteiger charge is 2.69. The monoisotopic (exact) mass is 518 g/mol. The molecule has 0 radical (unpaired) electrons. The molecular formula is C26H42N6O3S. The second kappa shape index (κ2) is 9.81. The van der Waals surface area contributed by atoms with E-state index in [1.807, 2.05) is 41.5 Å². The smallest absolute Gasteiger partial charge is 0.246 e. The molecule has 3 amide bonds. The van der Waals surface area contributed by atoms with Crippen molar-refractivity contribution in [2.75, 3.05) is 13.1 Å². The Balaban J connectivity index is 1.79. The number of nitrogens with zero attached hydrogens (tertiary/aromatic N) is 2. The van der Waals surface area contributed by atoms with Crippen molar-refractivity contribution >= 4 is 35.1 Å². The Morgan fingerprint density at radius 1 is 1.22 bits per heavy atom. The van der Waals surface area contributed by atoms with Crippen molar-refractivity contribution in [3.8, 4) is 6.07 Å². The summed E-state index contributed by atoms with van der Waals surface area (Å²) in [5, 5.41) is 22.1. The van der Waals surface area contributed by atoms with Gasteiger partial charge in [-0.05, 0) is 68.5 Å². The molecule has 0 aromatic rings. The molecule has 9 nitrogen and oxygen atoms in total. The van der Waals surface area contributed by atoms with Gasteiger partial charge in [0.2, 0.25) is 17.7 Å². The van der Waals surface area contributed by atoms with Gasteiger partial charge in [-0.2, -0.15) is 5.26 Å². The van der Waals surface area contributed by atoms with Crippen LogP contribution in [0.4, 0.5) is 0 Å².